The molecular formula is C17H13ClN4O3. The van der Waals surface area contributed by atoms with Gasteiger partial charge in [-0.25, -0.2) is 9.78 Å². The van der Waals surface area contributed by atoms with Gasteiger partial charge in [0.1, 0.15) is 0 Å². The van der Waals surface area contributed by atoms with Gasteiger partial charge in [-0.05, 0) is 37.3 Å². The molecule has 0 saturated carbocycles. The summed E-state index contributed by atoms with van der Waals surface area (Å²) in [5, 5.41) is 2.72. The minimum Gasteiger partial charge on any atom is -0.449 e. The number of amides is 1. The molecule has 126 valence electrons. The van der Waals surface area contributed by atoms with Crippen molar-refractivity contribution in [2.24, 2.45) is 0 Å². The molecule has 1 amide bonds. The highest BCUT2D eigenvalue weighted by molar-refractivity contribution is 6.32. The number of pyridine rings is 1. The van der Waals surface area contributed by atoms with Crippen LogP contribution in [0.2, 0.25) is 5.15 Å². The van der Waals surface area contributed by atoms with Crippen LogP contribution in [-0.2, 0) is 9.53 Å². The van der Waals surface area contributed by atoms with Crippen LogP contribution in [0.3, 0.4) is 0 Å². The quantitative estimate of drug-likeness (QED) is 0.570. The van der Waals surface area contributed by atoms with Crippen LogP contribution in [0.4, 0.5) is 5.69 Å². The summed E-state index contributed by atoms with van der Waals surface area (Å²) in [4.78, 5) is 36.5. The minimum atomic E-state index is -1.01. The zero-order valence-corrected chi connectivity index (χ0v) is 13.9. The molecule has 8 heteroatoms. The maximum absolute atomic E-state index is 12.2. The molecule has 0 aliphatic rings. The lowest BCUT2D eigenvalue weighted by atomic mass is 10.2. The van der Waals surface area contributed by atoms with Crippen LogP contribution in [0, 0.1) is 0 Å². The second-order valence-electron chi connectivity index (χ2n) is 5.14. The predicted molar refractivity (Wildman–Crippen MR) is 92.3 cm³/mol. The van der Waals surface area contributed by atoms with Gasteiger partial charge in [0.15, 0.2) is 11.3 Å². The largest absolute Gasteiger partial charge is 0.449 e. The highest BCUT2D eigenvalue weighted by Gasteiger charge is 2.20. The van der Waals surface area contributed by atoms with Gasteiger partial charge in [0.2, 0.25) is 0 Å². The second-order valence-corrected chi connectivity index (χ2v) is 5.50. The number of carbonyl (C=O) groups excluding carboxylic acids is 2. The predicted octanol–water partition coefficient (Wildman–Crippen LogP) is 2.86. The van der Waals surface area contributed by atoms with Crippen molar-refractivity contribution < 1.29 is 14.3 Å². The van der Waals surface area contributed by atoms with E-state index in [1.165, 1.54) is 19.3 Å². The SMILES string of the molecule is C[C@@H](OC(=O)c1ccc2nccnc2c1)C(=O)Nc1cccnc1Cl. The van der Waals surface area contributed by atoms with Crippen molar-refractivity contribution in [2.45, 2.75) is 13.0 Å². The summed E-state index contributed by atoms with van der Waals surface area (Å²) >= 11 is 5.88. The molecule has 1 atom stereocenters. The number of aromatic nitrogens is 3. The van der Waals surface area contributed by atoms with E-state index in [0.717, 1.165) is 0 Å². The van der Waals surface area contributed by atoms with Crippen molar-refractivity contribution in [3.05, 3.63) is 59.6 Å². The summed E-state index contributed by atoms with van der Waals surface area (Å²) in [6, 6.07) is 8.03. The van der Waals surface area contributed by atoms with E-state index in [0.29, 0.717) is 16.7 Å². The zero-order valence-electron chi connectivity index (χ0n) is 13.1. The molecule has 0 fully saturated rings. The van der Waals surface area contributed by atoms with Gasteiger partial charge in [-0.3, -0.25) is 14.8 Å². The van der Waals surface area contributed by atoms with E-state index >= 15 is 0 Å². The number of nitrogens with one attached hydrogen (secondary N) is 1. The van der Waals surface area contributed by atoms with Gasteiger partial charge >= 0.3 is 5.97 Å². The summed E-state index contributed by atoms with van der Waals surface area (Å²) in [5.41, 5.74) is 1.86. The molecule has 2 heterocycles. The Labute approximate surface area is 148 Å². The number of nitrogens with zero attached hydrogens (tertiary/aromatic N) is 3. The van der Waals surface area contributed by atoms with Crippen LogP contribution >= 0.6 is 11.6 Å². The van der Waals surface area contributed by atoms with Crippen molar-refractivity contribution in [1.82, 2.24) is 15.0 Å². The molecule has 1 aromatic carbocycles. The standard InChI is InChI=1S/C17H13ClN4O3/c1-10(16(23)22-13-3-2-6-21-15(13)18)25-17(24)11-4-5-12-14(9-11)20-8-7-19-12/h2-10H,1H3,(H,22,23)/t10-/m1/s1. The molecule has 1 N–H and O–H groups in total. The molecule has 3 rings (SSSR count). The van der Waals surface area contributed by atoms with Gasteiger partial charge in [-0.15, -0.1) is 0 Å². The van der Waals surface area contributed by atoms with E-state index in [1.54, 1.807) is 36.5 Å². The van der Waals surface area contributed by atoms with Gasteiger partial charge < -0.3 is 10.1 Å². The maximum Gasteiger partial charge on any atom is 0.338 e. The fourth-order valence-corrected chi connectivity index (χ4v) is 2.25. The lowest BCUT2D eigenvalue weighted by Crippen LogP contribution is -2.30. The number of hydrogen-bond donors (Lipinski definition) is 1. The summed E-state index contributed by atoms with van der Waals surface area (Å²) < 4.78 is 5.20. The molecule has 0 spiro atoms. The molecule has 25 heavy (non-hydrogen) atoms. The second kappa shape index (κ2) is 7.23. The third kappa shape index (κ3) is 3.89. The Hall–Kier alpha value is -3.06. The molecule has 0 radical (unpaired) electrons. The number of fused-ring (bicyclic) bond motifs is 1. The molecule has 0 bridgehead atoms. The smallest absolute Gasteiger partial charge is 0.338 e. The molecule has 2 aromatic heterocycles. The average molecular weight is 357 g/mol. The first kappa shape index (κ1) is 16.8. The first-order valence-electron chi connectivity index (χ1n) is 7.38. The molecule has 0 unspecified atom stereocenters. The summed E-state index contributed by atoms with van der Waals surface area (Å²) in [6.07, 6.45) is 3.59. The Morgan fingerprint density at radius 3 is 2.60 bits per heavy atom. The van der Waals surface area contributed by atoms with Gasteiger partial charge in [0.25, 0.3) is 5.91 Å². The Morgan fingerprint density at radius 1 is 1.08 bits per heavy atom. The monoisotopic (exact) mass is 356 g/mol. The highest BCUT2D eigenvalue weighted by atomic mass is 35.5. The first-order chi connectivity index (χ1) is 12.0. The number of esters is 1. The Balaban J connectivity index is 1.68. The van der Waals surface area contributed by atoms with E-state index in [-0.39, 0.29) is 10.7 Å². The van der Waals surface area contributed by atoms with Crippen LogP contribution < -0.4 is 5.32 Å². The van der Waals surface area contributed by atoms with Crippen LogP contribution in [0.5, 0.6) is 0 Å². The third-order valence-corrected chi connectivity index (χ3v) is 3.68. The maximum atomic E-state index is 12.2. The molecule has 0 saturated heterocycles. The number of ether oxygens (including phenoxy) is 1. The van der Waals surface area contributed by atoms with E-state index in [1.807, 2.05) is 0 Å². The number of rotatable bonds is 4. The molecule has 0 aliphatic carbocycles. The van der Waals surface area contributed by atoms with Crippen molar-refractivity contribution in [3.8, 4) is 0 Å². The van der Waals surface area contributed by atoms with E-state index in [9.17, 15) is 9.59 Å². The number of anilines is 1. The van der Waals surface area contributed by atoms with Gasteiger partial charge in [-0.2, -0.15) is 0 Å². The lowest BCUT2D eigenvalue weighted by Gasteiger charge is -2.14. The Kier molecular flexibility index (Phi) is 4.85. The molecule has 0 aliphatic heterocycles. The van der Waals surface area contributed by atoms with E-state index in [2.05, 4.69) is 20.3 Å². The van der Waals surface area contributed by atoms with Gasteiger partial charge in [0.05, 0.1) is 22.3 Å². The van der Waals surface area contributed by atoms with E-state index in [4.69, 9.17) is 16.3 Å². The summed E-state index contributed by atoms with van der Waals surface area (Å²) in [6.45, 7) is 1.47. The normalized spacial score (nSPS) is 11.8. The summed E-state index contributed by atoms with van der Waals surface area (Å²) in [5.74, 6) is -1.14. The average Bonchev–Trinajstić information content (AvgIpc) is 2.63. The van der Waals surface area contributed by atoms with Gasteiger partial charge in [-0.1, -0.05) is 11.6 Å². The van der Waals surface area contributed by atoms with Crippen molar-refractivity contribution in [3.63, 3.8) is 0 Å². The van der Waals surface area contributed by atoms with Crippen molar-refractivity contribution in [1.29, 1.82) is 0 Å². The number of halogens is 1. The number of carbonyl (C=O) groups is 2. The Morgan fingerprint density at radius 2 is 1.84 bits per heavy atom. The number of benzene rings is 1. The molecule has 7 nitrogen and oxygen atoms in total. The lowest BCUT2D eigenvalue weighted by molar-refractivity contribution is -0.123. The van der Waals surface area contributed by atoms with Crippen LogP contribution in [0.1, 0.15) is 17.3 Å². The van der Waals surface area contributed by atoms with Crippen molar-refractivity contribution in [2.75, 3.05) is 5.32 Å². The fraction of sp³-hybridized carbons (Fsp3) is 0.118. The number of hydrogen-bond acceptors (Lipinski definition) is 6. The van der Waals surface area contributed by atoms with Crippen LogP contribution in [-0.4, -0.2) is 32.9 Å². The highest BCUT2D eigenvalue weighted by Crippen LogP contribution is 2.18. The third-order valence-electron chi connectivity index (χ3n) is 3.38. The molecule has 3 aromatic rings. The van der Waals surface area contributed by atoms with Gasteiger partial charge in [0, 0.05) is 18.6 Å². The van der Waals surface area contributed by atoms with Crippen LogP contribution in [0.25, 0.3) is 11.0 Å². The topological polar surface area (TPSA) is 94.1 Å². The molecular weight excluding hydrogens is 344 g/mol. The zero-order chi connectivity index (χ0) is 17.8. The van der Waals surface area contributed by atoms with Crippen LogP contribution in [0.15, 0.2) is 48.9 Å². The van der Waals surface area contributed by atoms with Crippen molar-refractivity contribution >= 4 is 40.2 Å². The minimum absolute atomic E-state index is 0.155. The van der Waals surface area contributed by atoms with E-state index < -0.39 is 18.0 Å². The fourth-order valence-electron chi connectivity index (χ4n) is 2.09. The Bertz CT molecular complexity index is 948. The first-order valence-corrected chi connectivity index (χ1v) is 7.75. The summed E-state index contributed by atoms with van der Waals surface area (Å²) in [7, 11) is 0.